The average Bonchev–Trinajstić information content (AvgIpc) is 2.17. The smallest absolute Gasteiger partial charge is 0.261 e. The maximum absolute atomic E-state index is 10.9. The van der Waals surface area contributed by atoms with Crippen LogP contribution in [0.2, 0.25) is 0 Å². The zero-order chi connectivity index (χ0) is 9.52. The summed E-state index contributed by atoms with van der Waals surface area (Å²) >= 11 is 0. The number of rotatable bonds is 3. The second-order valence-electron chi connectivity index (χ2n) is 2.35. The number of hydrogen-bond acceptors (Lipinski definition) is 3. The maximum atomic E-state index is 10.9. The van der Waals surface area contributed by atoms with Crippen LogP contribution in [0.25, 0.3) is 0 Å². The minimum atomic E-state index is -0.181. The van der Waals surface area contributed by atoms with Crippen LogP contribution in [0.3, 0.4) is 0 Å². The van der Waals surface area contributed by atoms with Crippen LogP contribution < -0.4 is 10.9 Å². The van der Waals surface area contributed by atoms with E-state index in [1.165, 1.54) is 6.08 Å². The van der Waals surface area contributed by atoms with E-state index in [9.17, 15) is 4.79 Å². The van der Waals surface area contributed by atoms with Gasteiger partial charge in [0.1, 0.15) is 0 Å². The molecule has 0 aliphatic rings. The fourth-order valence-corrected chi connectivity index (χ4v) is 0.762. The van der Waals surface area contributed by atoms with Crippen LogP contribution in [0.5, 0.6) is 0 Å². The van der Waals surface area contributed by atoms with Gasteiger partial charge in [-0.15, -0.1) is 0 Å². The van der Waals surface area contributed by atoms with Gasteiger partial charge < -0.3 is 0 Å². The molecule has 0 saturated heterocycles. The molecule has 0 unspecified atom stereocenters. The van der Waals surface area contributed by atoms with Crippen LogP contribution in [0, 0.1) is 0 Å². The molecule has 4 heteroatoms. The fraction of sp³-hybridized carbons (Fsp3) is 0.111. The number of carbonyl (C=O) groups is 1. The largest absolute Gasteiger partial charge is 0.298 e. The molecule has 0 saturated carbocycles. The Balaban J connectivity index is 2.40. The number of nitrogens with one attached hydrogen (secondary N) is 2. The number of hydrazine groups is 1. The van der Waals surface area contributed by atoms with Crippen molar-refractivity contribution < 1.29 is 4.79 Å². The lowest BCUT2D eigenvalue weighted by Crippen LogP contribution is -2.27. The molecule has 0 bridgehead atoms. The Morgan fingerprint density at radius 3 is 2.77 bits per heavy atom. The number of allylic oxidation sites excluding steroid dienone is 1. The van der Waals surface area contributed by atoms with Crippen LogP contribution in [0.1, 0.15) is 6.92 Å². The van der Waals surface area contributed by atoms with Gasteiger partial charge in [-0.1, -0.05) is 6.08 Å². The summed E-state index contributed by atoms with van der Waals surface area (Å²) in [6, 6.07) is 3.52. The van der Waals surface area contributed by atoms with Gasteiger partial charge in [-0.2, -0.15) is 0 Å². The molecule has 1 amide bonds. The lowest BCUT2D eigenvalue weighted by molar-refractivity contribution is -0.116. The van der Waals surface area contributed by atoms with Crippen LogP contribution in [0.15, 0.2) is 36.7 Å². The van der Waals surface area contributed by atoms with E-state index in [0.717, 1.165) is 5.69 Å². The van der Waals surface area contributed by atoms with Gasteiger partial charge in [0.05, 0.1) is 5.69 Å². The Labute approximate surface area is 76.7 Å². The second-order valence-corrected chi connectivity index (χ2v) is 2.35. The fourth-order valence-electron chi connectivity index (χ4n) is 0.762. The van der Waals surface area contributed by atoms with Crippen molar-refractivity contribution in [3.63, 3.8) is 0 Å². The van der Waals surface area contributed by atoms with E-state index in [0.29, 0.717) is 0 Å². The van der Waals surface area contributed by atoms with Crippen molar-refractivity contribution in [2.75, 3.05) is 5.43 Å². The molecule has 0 aliphatic carbocycles. The van der Waals surface area contributed by atoms with Crippen molar-refractivity contribution in [2.24, 2.45) is 0 Å². The number of amides is 1. The molecule has 2 N–H and O–H groups in total. The molecule has 0 aromatic carbocycles. The van der Waals surface area contributed by atoms with Crippen LogP contribution in [-0.2, 0) is 4.79 Å². The summed E-state index contributed by atoms with van der Waals surface area (Å²) in [6.07, 6.45) is 6.39. The first kappa shape index (κ1) is 9.25. The predicted molar refractivity (Wildman–Crippen MR) is 50.8 cm³/mol. The van der Waals surface area contributed by atoms with Gasteiger partial charge in [0, 0.05) is 18.5 Å². The summed E-state index contributed by atoms with van der Waals surface area (Å²) in [5.41, 5.74) is 6.03. The number of aromatic nitrogens is 1. The van der Waals surface area contributed by atoms with Gasteiger partial charge in [-0.3, -0.25) is 20.6 Å². The number of hydrogen-bond donors (Lipinski definition) is 2. The number of pyridine rings is 1. The highest BCUT2D eigenvalue weighted by molar-refractivity contribution is 5.88. The molecule has 0 radical (unpaired) electrons. The van der Waals surface area contributed by atoms with E-state index >= 15 is 0 Å². The molecular formula is C9H11N3O. The van der Waals surface area contributed by atoms with Gasteiger partial charge in [0.25, 0.3) is 5.91 Å². The molecule has 0 atom stereocenters. The van der Waals surface area contributed by atoms with Crippen molar-refractivity contribution in [2.45, 2.75) is 6.92 Å². The predicted octanol–water partition coefficient (Wildman–Crippen LogP) is 1.10. The van der Waals surface area contributed by atoms with Crippen molar-refractivity contribution in [1.29, 1.82) is 0 Å². The van der Waals surface area contributed by atoms with Gasteiger partial charge in [-0.25, -0.2) is 0 Å². The number of nitrogens with zero attached hydrogens (tertiary/aromatic N) is 1. The monoisotopic (exact) mass is 177 g/mol. The van der Waals surface area contributed by atoms with E-state index < -0.39 is 0 Å². The van der Waals surface area contributed by atoms with E-state index in [4.69, 9.17) is 0 Å². The first-order chi connectivity index (χ1) is 6.33. The quantitative estimate of drug-likeness (QED) is 0.537. The van der Waals surface area contributed by atoms with Gasteiger partial charge in [0.15, 0.2) is 0 Å². The molecule has 1 rings (SSSR count). The van der Waals surface area contributed by atoms with Gasteiger partial charge in [-0.05, 0) is 19.1 Å². The zero-order valence-corrected chi connectivity index (χ0v) is 7.32. The van der Waals surface area contributed by atoms with Crippen LogP contribution >= 0.6 is 0 Å². The molecule has 1 aromatic heterocycles. The van der Waals surface area contributed by atoms with Crippen molar-refractivity contribution in [1.82, 2.24) is 10.4 Å². The molecule has 0 fully saturated rings. The summed E-state index contributed by atoms with van der Waals surface area (Å²) < 4.78 is 0. The first-order valence-corrected chi connectivity index (χ1v) is 3.91. The first-order valence-electron chi connectivity index (χ1n) is 3.91. The maximum Gasteiger partial charge on any atom is 0.261 e. The molecule has 0 aliphatic heterocycles. The Morgan fingerprint density at radius 1 is 1.46 bits per heavy atom. The highest BCUT2D eigenvalue weighted by Crippen LogP contribution is 1.99. The Hall–Kier alpha value is -1.84. The molecule has 0 spiro atoms. The van der Waals surface area contributed by atoms with E-state index in [1.807, 2.05) is 0 Å². The number of anilines is 1. The highest BCUT2D eigenvalue weighted by Gasteiger charge is 1.92. The standard InChI is InChI=1S/C9H11N3O/c1-2-3-9(13)12-11-8-4-6-10-7-5-8/h2-7H,1H3,(H,10,11)(H,12,13)/b3-2+. The molecular weight excluding hydrogens is 166 g/mol. The van der Waals surface area contributed by atoms with E-state index in [-0.39, 0.29) is 5.91 Å². The molecule has 1 aromatic rings. The summed E-state index contributed by atoms with van der Waals surface area (Å²) in [5, 5.41) is 0. The van der Waals surface area contributed by atoms with Gasteiger partial charge in [0.2, 0.25) is 0 Å². The van der Waals surface area contributed by atoms with Gasteiger partial charge >= 0.3 is 0 Å². The van der Waals surface area contributed by atoms with Crippen LogP contribution in [-0.4, -0.2) is 10.9 Å². The SMILES string of the molecule is C/C=C/C(=O)NNc1ccncc1. The zero-order valence-electron chi connectivity index (χ0n) is 7.32. The molecule has 13 heavy (non-hydrogen) atoms. The summed E-state index contributed by atoms with van der Waals surface area (Å²) in [4.78, 5) is 14.8. The van der Waals surface area contributed by atoms with E-state index in [1.54, 1.807) is 37.5 Å². The lowest BCUT2D eigenvalue weighted by atomic mass is 10.4. The highest BCUT2D eigenvalue weighted by atomic mass is 16.2. The minimum absolute atomic E-state index is 0.181. The Kier molecular flexibility index (Phi) is 3.50. The average molecular weight is 177 g/mol. The third-order valence-electron chi connectivity index (χ3n) is 1.33. The van der Waals surface area contributed by atoms with Crippen LogP contribution in [0.4, 0.5) is 5.69 Å². The molecule has 4 nitrogen and oxygen atoms in total. The molecule has 68 valence electrons. The third-order valence-corrected chi connectivity index (χ3v) is 1.33. The second kappa shape index (κ2) is 4.92. The summed E-state index contributed by atoms with van der Waals surface area (Å²) in [7, 11) is 0. The summed E-state index contributed by atoms with van der Waals surface area (Å²) in [5.74, 6) is -0.181. The van der Waals surface area contributed by atoms with Crippen molar-refractivity contribution in [3.8, 4) is 0 Å². The summed E-state index contributed by atoms with van der Waals surface area (Å²) in [6.45, 7) is 1.78. The van der Waals surface area contributed by atoms with Crippen molar-refractivity contribution >= 4 is 11.6 Å². The van der Waals surface area contributed by atoms with Crippen molar-refractivity contribution in [3.05, 3.63) is 36.7 Å². The topological polar surface area (TPSA) is 54.0 Å². The Morgan fingerprint density at radius 2 is 2.15 bits per heavy atom. The number of carbonyl (C=O) groups excluding carboxylic acids is 1. The lowest BCUT2D eigenvalue weighted by Gasteiger charge is -2.04. The minimum Gasteiger partial charge on any atom is -0.298 e. The Bertz CT molecular complexity index is 295. The van der Waals surface area contributed by atoms with E-state index in [2.05, 4.69) is 15.8 Å². The molecule has 1 heterocycles. The normalized spacial score (nSPS) is 9.92. The third kappa shape index (κ3) is 3.37.